The zero-order chi connectivity index (χ0) is 12.3. The van der Waals surface area contributed by atoms with Crippen LogP contribution in [0, 0.1) is 5.92 Å². The zero-order valence-electron chi connectivity index (χ0n) is 10.8. The van der Waals surface area contributed by atoms with Gasteiger partial charge in [0.15, 0.2) is 0 Å². The minimum absolute atomic E-state index is 0.664. The van der Waals surface area contributed by atoms with E-state index in [-0.39, 0.29) is 0 Å². The zero-order valence-corrected chi connectivity index (χ0v) is 10.8. The van der Waals surface area contributed by atoms with Gasteiger partial charge in [0.05, 0.1) is 5.69 Å². The molecule has 1 aromatic heterocycles. The van der Waals surface area contributed by atoms with E-state index in [4.69, 9.17) is 5.73 Å². The van der Waals surface area contributed by atoms with Crippen LogP contribution in [0.15, 0.2) is 6.33 Å². The highest BCUT2D eigenvalue weighted by Gasteiger charge is 2.21. The third kappa shape index (κ3) is 2.75. The molecule has 0 unspecified atom stereocenters. The molecule has 0 atom stereocenters. The minimum Gasteiger partial charge on any atom is -0.383 e. The van der Waals surface area contributed by atoms with Crippen LogP contribution in [0.25, 0.3) is 0 Å². The van der Waals surface area contributed by atoms with E-state index in [9.17, 15) is 0 Å². The highest BCUT2D eigenvalue weighted by molar-refractivity contribution is 5.42. The average Bonchev–Trinajstić information content (AvgIpc) is 2.36. The summed E-state index contributed by atoms with van der Waals surface area (Å²) in [7, 11) is 0. The van der Waals surface area contributed by atoms with Gasteiger partial charge in [0, 0.05) is 25.2 Å². The van der Waals surface area contributed by atoms with E-state index in [1.54, 1.807) is 6.33 Å². The van der Waals surface area contributed by atoms with Gasteiger partial charge < -0.3 is 5.73 Å². The Morgan fingerprint density at radius 1 is 1.35 bits per heavy atom. The lowest BCUT2D eigenvalue weighted by Crippen LogP contribution is -2.35. The molecule has 4 nitrogen and oxygen atoms in total. The highest BCUT2D eigenvalue weighted by atomic mass is 15.1. The summed E-state index contributed by atoms with van der Waals surface area (Å²) in [4.78, 5) is 10.9. The maximum atomic E-state index is 5.87. The predicted octanol–water partition coefficient (Wildman–Crippen LogP) is 1.85. The van der Waals surface area contributed by atoms with Crippen molar-refractivity contribution in [2.75, 3.05) is 18.8 Å². The monoisotopic (exact) mass is 234 g/mol. The Hall–Kier alpha value is -1.16. The first-order valence-electron chi connectivity index (χ1n) is 6.55. The lowest BCUT2D eigenvalue weighted by molar-refractivity contribution is 0.204. The molecule has 0 saturated heterocycles. The Balaban J connectivity index is 2.03. The van der Waals surface area contributed by atoms with Gasteiger partial charge in [-0.15, -0.1) is 0 Å². The summed E-state index contributed by atoms with van der Waals surface area (Å²) >= 11 is 0. The molecule has 0 radical (unpaired) electrons. The maximum Gasteiger partial charge on any atom is 0.130 e. The molecule has 0 bridgehead atoms. The molecule has 1 aliphatic heterocycles. The van der Waals surface area contributed by atoms with Crippen molar-refractivity contribution in [3.05, 3.63) is 17.6 Å². The molecule has 94 valence electrons. The van der Waals surface area contributed by atoms with E-state index in [1.165, 1.54) is 19.4 Å². The molecule has 2 N–H and O–H groups in total. The second-order valence-corrected chi connectivity index (χ2v) is 4.85. The van der Waals surface area contributed by atoms with Crippen molar-refractivity contribution in [1.82, 2.24) is 14.9 Å². The van der Waals surface area contributed by atoms with Gasteiger partial charge in [-0.05, 0) is 12.3 Å². The number of hydrogen-bond acceptors (Lipinski definition) is 4. The SMILES string of the molecule is CCC(CC)CN1CCc2c(N)ncnc2C1. The van der Waals surface area contributed by atoms with Gasteiger partial charge in [-0.3, -0.25) is 4.90 Å². The Labute approximate surface area is 103 Å². The fourth-order valence-corrected chi connectivity index (χ4v) is 2.50. The second-order valence-electron chi connectivity index (χ2n) is 4.85. The molecule has 0 fully saturated rings. The van der Waals surface area contributed by atoms with E-state index < -0.39 is 0 Å². The lowest BCUT2D eigenvalue weighted by Gasteiger charge is -2.30. The summed E-state index contributed by atoms with van der Waals surface area (Å²) in [6.45, 7) is 7.73. The molecule has 2 heterocycles. The number of nitrogens with zero attached hydrogens (tertiary/aromatic N) is 3. The van der Waals surface area contributed by atoms with Gasteiger partial charge in [-0.25, -0.2) is 9.97 Å². The molecule has 0 spiro atoms. The second kappa shape index (κ2) is 5.45. The van der Waals surface area contributed by atoms with E-state index >= 15 is 0 Å². The Bertz CT molecular complexity index is 374. The predicted molar refractivity (Wildman–Crippen MR) is 69.5 cm³/mol. The van der Waals surface area contributed by atoms with Crippen LogP contribution in [0.5, 0.6) is 0 Å². The number of aromatic nitrogens is 2. The van der Waals surface area contributed by atoms with Gasteiger partial charge in [0.1, 0.15) is 12.1 Å². The Morgan fingerprint density at radius 2 is 2.12 bits per heavy atom. The van der Waals surface area contributed by atoms with Crippen molar-refractivity contribution in [2.45, 2.75) is 39.7 Å². The first-order valence-corrected chi connectivity index (χ1v) is 6.55. The number of nitrogens with two attached hydrogens (primary N) is 1. The van der Waals surface area contributed by atoms with Crippen LogP contribution in [0.3, 0.4) is 0 Å². The van der Waals surface area contributed by atoms with Crippen LogP contribution in [0.4, 0.5) is 5.82 Å². The summed E-state index contributed by atoms with van der Waals surface area (Å²) in [5, 5.41) is 0. The van der Waals surface area contributed by atoms with Crippen LogP contribution in [-0.2, 0) is 13.0 Å². The Morgan fingerprint density at radius 3 is 2.82 bits per heavy atom. The molecule has 0 aromatic carbocycles. The van der Waals surface area contributed by atoms with E-state index in [0.717, 1.165) is 36.7 Å². The fraction of sp³-hybridized carbons (Fsp3) is 0.692. The van der Waals surface area contributed by atoms with Crippen molar-refractivity contribution < 1.29 is 0 Å². The highest BCUT2D eigenvalue weighted by Crippen LogP contribution is 2.22. The van der Waals surface area contributed by atoms with Crippen molar-refractivity contribution in [3.63, 3.8) is 0 Å². The smallest absolute Gasteiger partial charge is 0.130 e. The molecule has 4 heteroatoms. The number of hydrogen-bond donors (Lipinski definition) is 1. The fourth-order valence-electron chi connectivity index (χ4n) is 2.50. The topological polar surface area (TPSA) is 55.0 Å². The quantitative estimate of drug-likeness (QED) is 0.864. The Kier molecular flexibility index (Phi) is 3.94. The van der Waals surface area contributed by atoms with Gasteiger partial charge in [0.25, 0.3) is 0 Å². The third-order valence-corrected chi connectivity index (χ3v) is 3.79. The first kappa shape index (κ1) is 12.3. The summed E-state index contributed by atoms with van der Waals surface area (Å²) in [6, 6.07) is 0. The standard InChI is InChI=1S/C13H22N4/c1-3-10(4-2)7-17-6-5-11-12(8-17)15-9-16-13(11)14/h9-10H,3-8H2,1-2H3,(H2,14,15,16). The molecule has 0 amide bonds. The number of rotatable bonds is 4. The van der Waals surface area contributed by atoms with E-state index in [0.29, 0.717) is 5.82 Å². The van der Waals surface area contributed by atoms with Crippen LogP contribution in [-0.4, -0.2) is 28.0 Å². The van der Waals surface area contributed by atoms with Crippen LogP contribution in [0.1, 0.15) is 37.9 Å². The van der Waals surface area contributed by atoms with Crippen LogP contribution in [0.2, 0.25) is 0 Å². The number of fused-ring (bicyclic) bond motifs is 1. The van der Waals surface area contributed by atoms with Gasteiger partial charge in [-0.1, -0.05) is 26.7 Å². The molecule has 0 saturated carbocycles. The largest absolute Gasteiger partial charge is 0.383 e. The van der Waals surface area contributed by atoms with Crippen molar-refractivity contribution in [1.29, 1.82) is 0 Å². The van der Waals surface area contributed by atoms with Crippen molar-refractivity contribution in [2.24, 2.45) is 5.92 Å². The van der Waals surface area contributed by atoms with Gasteiger partial charge >= 0.3 is 0 Å². The molecule has 0 aliphatic carbocycles. The summed E-state index contributed by atoms with van der Waals surface area (Å²) in [5.74, 6) is 1.47. The summed E-state index contributed by atoms with van der Waals surface area (Å²) in [5.41, 5.74) is 8.15. The van der Waals surface area contributed by atoms with E-state index in [1.807, 2.05) is 0 Å². The van der Waals surface area contributed by atoms with E-state index in [2.05, 4.69) is 28.7 Å². The number of nitrogen functional groups attached to an aromatic ring is 1. The summed E-state index contributed by atoms with van der Waals surface area (Å²) in [6.07, 6.45) is 5.08. The third-order valence-electron chi connectivity index (χ3n) is 3.79. The number of anilines is 1. The van der Waals surface area contributed by atoms with Crippen molar-refractivity contribution >= 4 is 5.82 Å². The normalized spacial score (nSPS) is 16.2. The van der Waals surface area contributed by atoms with Crippen molar-refractivity contribution in [3.8, 4) is 0 Å². The summed E-state index contributed by atoms with van der Waals surface area (Å²) < 4.78 is 0. The molecule has 1 aromatic rings. The molecule has 17 heavy (non-hydrogen) atoms. The first-order chi connectivity index (χ1) is 8.24. The van der Waals surface area contributed by atoms with Gasteiger partial charge in [-0.2, -0.15) is 0 Å². The average molecular weight is 234 g/mol. The molecule has 2 rings (SSSR count). The van der Waals surface area contributed by atoms with Gasteiger partial charge in [0.2, 0.25) is 0 Å². The molecular weight excluding hydrogens is 212 g/mol. The maximum absolute atomic E-state index is 5.87. The van der Waals surface area contributed by atoms with Crippen LogP contribution >= 0.6 is 0 Å². The minimum atomic E-state index is 0.664. The molecular formula is C13H22N4. The molecule has 1 aliphatic rings. The lowest BCUT2D eigenvalue weighted by atomic mass is 10.00. The van der Waals surface area contributed by atoms with Crippen LogP contribution < -0.4 is 5.73 Å².